The van der Waals surface area contributed by atoms with Crippen LogP contribution in [0.5, 0.6) is 5.75 Å². The molecule has 2 amide bonds. The molecule has 0 atom stereocenters. The van der Waals surface area contributed by atoms with Gasteiger partial charge in [0.05, 0.1) is 6.42 Å². The molecule has 0 aliphatic carbocycles. The number of hydrogen-bond acceptors (Lipinski definition) is 3. The summed E-state index contributed by atoms with van der Waals surface area (Å²) < 4.78 is 5.78. The highest BCUT2D eigenvalue weighted by Gasteiger charge is 2.11. The van der Waals surface area contributed by atoms with Crippen molar-refractivity contribution in [3.63, 3.8) is 0 Å². The van der Waals surface area contributed by atoms with Gasteiger partial charge in [-0.1, -0.05) is 56.3 Å². The molecule has 0 aliphatic rings. The van der Waals surface area contributed by atoms with Crippen LogP contribution in [0.4, 0.5) is 11.4 Å². The summed E-state index contributed by atoms with van der Waals surface area (Å²) in [6.45, 7) is 6.12. The molecule has 5 heteroatoms. The van der Waals surface area contributed by atoms with Gasteiger partial charge in [-0.3, -0.25) is 9.59 Å². The molecule has 0 aliphatic heterocycles. The summed E-state index contributed by atoms with van der Waals surface area (Å²) in [5.74, 6) is 0.720. The first-order valence-corrected chi connectivity index (χ1v) is 10.4. The number of carbonyl (C=O) groups is 2. The van der Waals surface area contributed by atoms with Crippen LogP contribution in [-0.4, -0.2) is 18.4 Å². The molecule has 0 heterocycles. The monoisotopic (exact) mass is 416 g/mol. The Morgan fingerprint density at radius 1 is 0.839 bits per heavy atom. The van der Waals surface area contributed by atoms with E-state index < -0.39 is 0 Å². The minimum absolute atomic E-state index is 0.0707. The first-order valence-electron chi connectivity index (χ1n) is 10.4. The highest BCUT2D eigenvalue weighted by atomic mass is 16.5. The molecular formula is C26H28N2O3. The molecule has 3 rings (SSSR count). The zero-order valence-electron chi connectivity index (χ0n) is 18.1. The van der Waals surface area contributed by atoms with Crippen molar-refractivity contribution < 1.29 is 14.3 Å². The number of carbonyl (C=O) groups excluding carboxylic acids is 2. The molecule has 0 saturated carbocycles. The van der Waals surface area contributed by atoms with Gasteiger partial charge in [-0.2, -0.15) is 0 Å². The van der Waals surface area contributed by atoms with Crippen molar-refractivity contribution in [1.29, 1.82) is 0 Å². The number of benzene rings is 3. The van der Waals surface area contributed by atoms with Gasteiger partial charge in [0, 0.05) is 11.4 Å². The molecule has 0 saturated heterocycles. The number of rotatable bonds is 8. The van der Waals surface area contributed by atoms with Crippen LogP contribution in [0.15, 0.2) is 72.8 Å². The summed E-state index contributed by atoms with van der Waals surface area (Å²) in [6, 6.07) is 22.6. The molecule has 3 aromatic rings. The lowest BCUT2D eigenvalue weighted by atomic mass is 10.0. The van der Waals surface area contributed by atoms with Gasteiger partial charge < -0.3 is 15.4 Å². The van der Waals surface area contributed by atoms with E-state index in [0.29, 0.717) is 23.7 Å². The predicted octanol–water partition coefficient (Wildman–Crippen LogP) is 5.32. The third-order valence-electron chi connectivity index (χ3n) is 4.81. The molecule has 0 bridgehead atoms. The van der Waals surface area contributed by atoms with E-state index in [1.807, 2.05) is 55.5 Å². The molecule has 31 heavy (non-hydrogen) atoms. The summed E-state index contributed by atoms with van der Waals surface area (Å²) in [5.41, 5.74) is 4.44. The van der Waals surface area contributed by atoms with Crippen LogP contribution < -0.4 is 15.4 Å². The van der Waals surface area contributed by atoms with Gasteiger partial charge in [0.1, 0.15) is 5.75 Å². The fourth-order valence-corrected chi connectivity index (χ4v) is 3.21. The second kappa shape index (κ2) is 10.4. The maximum Gasteiger partial charge on any atom is 0.262 e. The molecule has 0 radical (unpaired) electrons. The van der Waals surface area contributed by atoms with Crippen LogP contribution in [0, 0.1) is 6.92 Å². The van der Waals surface area contributed by atoms with Crippen LogP contribution >= 0.6 is 0 Å². The molecule has 160 valence electrons. The lowest BCUT2D eigenvalue weighted by Crippen LogP contribution is -2.20. The first kappa shape index (κ1) is 22.1. The van der Waals surface area contributed by atoms with Gasteiger partial charge in [0.25, 0.3) is 5.91 Å². The number of nitrogens with one attached hydrogen (secondary N) is 2. The van der Waals surface area contributed by atoms with Gasteiger partial charge in [-0.05, 0) is 59.9 Å². The Balaban J connectivity index is 1.51. The van der Waals surface area contributed by atoms with Crippen LogP contribution in [0.1, 0.15) is 36.5 Å². The van der Waals surface area contributed by atoms with Gasteiger partial charge in [-0.15, -0.1) is 0 Å². The number of hydrogen-bond donors (Lipinski definition) is 2. The Bertz CT molecular complexity index is 1030. The number of amides is 2. The number of aryl methyl sites for hydroxylation is 1. The maximum absolute atomic E-state index is 12.3. The minimum atomic E-state index is -0.239. The third kappa shape index (κ3) is 6.71. The van der Waals surface area contributed by atoms with Gasteiger partial charge >= 0.3 is 0 Å². The lowest BCUT2D eigenvalue weighted by molar-refractivity contribution is -0.118. The summed E-state index contributed by atoms with van der Waals surface area (Å²) in [6.07, 6.45) is 0.313. The topological polar surface area (TPSA) is 67.4 Å². The van der Waals surface area contributed by atoms with Crippen molar-refractivity contribution in [2.24, 2.45) is 0 Å². The highest BCUT2D eigenvalue weighted by Crippen LogP contribution is 2.27. The van der Waals surface area contributed by atoms with E-state index in [-0.39, 0.29) is 18.4 Å². The predicted molar refractivity (Wildman–Crippen MR) is 125 cm³/mol. The number of anilines is 2. The Morgan fingerprint density at radius 3 is 2.06 bits per heavy atom. The molecule has 0 aromatic heterocycles. The standard InChI is InChI=1S/C26H28N2O3/c1-18(2)23-14-9-19(3)15-24(23)31-17-26(30)28-22-12-10-21(11-13-22)27-25(29)16-20-7-5-4-6-8-20/h4-15,18H,16-17H2,1-3H3,(H,27,29)(H,28,30). The Morgan fingerprint density at radius 2 is 1.45 bits per heavy atom. The van der Waals surface area contributed by atoms with Gasteiger partial charge in [0.15, 0.2) is 6.61 Å². The second-order valence-electron chi connectivity index (χ2n) is 7.82. The van der Waals surface area contributed by atoms with E-state index in [1.165, 1.54) is 0 Å². The summed E-state index contributed by atoms with van der Waals surface area (Å²) >= 11 is 0. The zero-order chi connectivity index (χ0) is 22.2. The van der Waals surface area contributed by atoms with E-state index in [9.17, 15) is 9.59 Å². The van der Waals surface area contributed by atoms with Crippen molar-refractivity contribution in [3.8, 4) is 5.75 Å². The number of ether oxygens (including phenoxy) is 1. The smallest absolute Gasteiger partial charge is 0.262 e. The lowest BCUT2D eigenvalue weighted by Gasteiger charge is -2.15. The van der Waals surface area contributed by atoms with Crippen molar-refractivity contribution in [1.82, 2.24) is 0 Å². The largest absolute Gasteiger partial charge is 0.483 e. The van der Waals surface area contributed by atoms with Crippen molar-refractivity contribution in [2.45, 2.75) is 33.1 Å². The zero-order valence-corrected chi connectivity index (χ0v) is 18.1. The molecule has 0 unspecified atom stereocenters. The average molecular weight is 417 g/mol. The summed E-state index contributed by atoms with van der Waals surface area (Å²) in [4.78, 5) is 24.5. The van der Waals surface area contributed by atoms with Crippen LogP contribution in [0.3, 0.4) is 0 Å². The molecule has 0 spiro atoms. The normalized spacial score (nSPS) is 10.6. The second-order valence-corrected chi connectivity index (χ2v) is 7.82. The Kier molecular flexibility index (Phi) is 7.44. The van der Waals surface area contributed by atoms with Gasteiger partial charge in [-0.25, -0.2) is 0 Å². The van der Waals surface area contributed by atoms with Crippen molar-refractivity contribution in [3.05, 3.63) is 89.5 Å². The van der Waals surface area contributed by atoms with E-state index >= 15 is 0 Å². The van der Waals surface area contributed by atoms with Crippen molar-refractivity contribution in [2.75, 3.05) is 17.2 Å². The SMILES string of the molecule is Cc1ccc(C(C)C)c(OCC(=O)Nc2ccc(NC(=O)Cc3ccccc3)cc2)c1. The maximum atomic E-state index is 12.3. The van der Waals surface area contributed by atoms with E-state index in [1.54, 1.807) is 24.3 Å². The van der Waals surface area contributed by atoms with E-state index in [4.69, 9.17) is 4.74 Å². The Hall–Kier alpha value is -3.60. The fraction of sp³-hybridized carbons (Fsp3) is 0.231. The molecule has 0 fully saturated rings. The molecule has 5 nitrogen and oxygen atoms in total. The van der Waals surface area contributed by atoms with Crippen molar-refractivity contribution >= 4 is 23.2 Å². The molecule has 3 aromatic carbocycles. The third-order valence-corrected chi connectivity index (χ3v) is 4.81. The minimum Gasteiger partial charge on any atom is -0.483 e. The average Bonchev–Trinajstić information content (AvgIpc) is 2.74. The van der Waals surface area contributed by atoms with Crippen LogP contribution in [0.25, 0.3) is 0 Å². The first-order chi connectivity index (χ1) is 14.9. The van der Waals surface area contributed by atoms with Gasteiger partial charge in [0.2, 0.25) is 5.91 Å². The van der Waals surface area contributed by atoms with Crippen LogP contribution in [-0.2, 0) is 16.0 Å². The Labute approximate surface area is 183 Å². The van der Waals surface area contributed by atoms with E-state index in [2.05, 4.69) is 24.5 Å². The molecular weight excluding hydrogens is 388 g/mol. The van der Waals surface area contributed by atoms with E-state index in [0.717, 1.165) is 22.4 Å². The summed E-state index contributed by atoms with van der Waals surface area (Å²) in [7, 11) is 0. The quantitative estimate of drug-likeness (QED) is 0.522. The van der Waals surface area contributed by atoms with Crippen LogP contribution in [0.2, 0.25) is 0 Å². The highest BCUT2D eigenvalue weighted by molar-refractivity contribution is 5.94. The summed E-state index contributed by atoms with van der Waals surface area (Å²) in [5, 5.41) is 5.68. The molecule has 2 N–H and O–H groups in total. The fourth-order valence-electron chi connectivity index (χ4n) is 3.21.